The molecule has 0 bridgehead atoms. The van der Waals surface area contributed by atoms with Crippen molar-refractivity contribution in [1.29, 1.82) is 0 Å². The summed E-state index contributed by atoms with van der Waals surface area (Å²) in [4.78, 5) is 10.5. The van der Waals surface area contributed by atoms with Gasteiger partial charge < -0.3 is 13.9 Å². The molecule has 1 aliphatic heterocycles. The number of aryl methyl sites for hydroxylation is 2. The third-order valence-corrected chi connectivity index (χ3v) is 4.81. The second kappa shape index (κ2) is 10.0. The summed E-state index contributed by atoms with van der Waals surface area (Å²) in [7, 11) is -2.28. The van der Waals surface area contributed by atoms with Gasteiger partial charge in [-0.1, -0.05) is 12.1 Å². The van der Waals surface area contributed by atoms with Crippen LogP contribution in [0.1, 0.15) is 33.4 Å². The zero-order valence-electron chi connectivity index (χ0n) is 16.9. The predicted octanol–water partition coefficient (Wildman–Crippen LogP) is 3.86. The van der Waals surface area contributed by atoms with Crippen LogP contribution >= 0.6 is 8.60 Å². The Kier molecular flexibility index (Phi) is 6.94. The molecule has 3 nitrogen and oxygen atoms in total. The SMILES string of the molecule is C#CC#CC#Cc1cc(C)cc2c1OP(O)Oc1c(C#CC#CC#C)cc(C)cc1C2. The van der Waals surface area contributed by atoms with Crippen molar-refractivity contribution >= 4 is 8.60 Å². The molecule has 2 aromatic carbocycles. The monoisotopic (exact) mass is 418 g/mol. The van der Waals surface area contributed by atoms with Crippen molar-refractivity contribution in [2.24, 2.45) is 0 Å². The molecule has 0 atom stereocenters. The molecular weight excluding hydrogens is 403 g/mol. The lowest BCUT2D eigenvalue weighted by atomic mass is 9.95. The minimum Gasteiger partial charge on any atom is -0.416 e. The van der Waals surface area contributed by atoms with Gasteiger partial charge in [0.15, 0.2) is 0 Å². The number of fused-ring (bicyclic) bond motifs is 2. The molecule has 0 saturated carbocycles. The molecule has 0 unspecified atom stereocenters. The van der Waals surface area contributed by atoms with Crippen LogP contribution in [0.25, 0.3) is 0 Å². The third kappa shape index (κ3) is 5.44. The Morgan fingerprint density at radius 3 is 1.61 bits per heavy atom. The lowest BCUT2D eigenvalue weighted by Crippen LogP contribution is -2.08. The Hall–Kier alpha value is -4.21. The summed E-state index contributed by atoms with van der Waals surface area (Å²) >= 11 is 0. The van der Waals surface area contributed by atoms with Gasteiger partial charge in [-0.3, -0.25) is 0 Å². The minimum atomic E-state index is -2.28. The third-order valence-electron chi connectivity index (χ3n) is 4.13. The normalized spacial score (nSPS) is 10.9. The summed E-state index contributed by atoms with van der Waals surface area (Å²) in [6.07, 6.45) is 10.8. The summed E-state index contributed by atoms with van der Waals surface area (Å²) in [5, 5.41) is 0. The van der Waals surface area contributed by atoms with E-state index in [4.69, 9.17) is 21.9 Å². The standard InChI is InChI=1S/C27H15O3P/c1-5-7-9-11-13-22-15-20(3)17-24-19-25-18-21(4)16-23(14-12-10-8-6-2)27(25)30-31(28)29-26(22)24/h1-2,15-18,28H,19H2,3-4H3. The van der Waals surface area contributed by atoms with Gasteiger partial charge in [0.2, 0.25) is 0 Å². The number of hydrogen-bond acceptors (Lipinski definition) is 3. The van der Waals surface area contributed by atoms with Crippen molar-refractivity contribution in [2.45, 2.75) is 20.3 Å². The number of terminal acetylenes is 2. The summed E-state index contributed by atoms with van der Waals surface area (Å²) in [5.41, 5.74) is 4.95. The summed E-state index contributed by atoms with van der Waals surface area (Å²) in [5.74, 6) is 26.7. The van der Waals surface area contributed by atoms with Gasteiger partial charge in [-0.2, -0.15) is 0 Å². The molecule has 0 aliphatic carbocycles. The van der Waals surface area contributed by atoms with Crippen LogP contribution in [0.4, 0.5) is 0 Å². The summed E-state index contributed by atoms with van der Waals surface area (Å²) in [6.45, 7) is 3.93. The van der Waals surface area contributed by atoms with Crippen molar-refractivity contribution in [1.82, 2.24) is 0 Å². The van der Waals surface area contributed by atoms with E-state index < -0.39 is 8.60 Å². The van der Waals surface area contributed by atoms with Crippen LogP contribution in [0.2, 0.25) is 0 Å². The van der Waals surface area contributed by atoms with E-state index in [0.717, 1.165) is 22.3 Å². The molecule has 1 heterocycles. The molecule has 2 aromatic rings. The van der Waals surface area contributed by atoms with Crippen LogP contribution in [-0.4, -0.2) is 4.89 Å². The fourth-order valence-electron chi connectivity index (χ4n) is 3.07. The van der Waals surface area contributed by atoms with Crippen LogP contribution < -0.4 is 9.05 Å². The molecule has 0 spiro atoms. The van der Waals surface area contributed by atoms with Crippen LogP contribution in [0.15, 0.2) is 24.3 Å². The lowest BCUT2D eigenvalue weighted by molar-refractivity contribution is 0.374. The van der Waals surface area contributed by atoms with Crippen molar-refractivity contribution < 1.29 is 13.9 Å². The Bertz CT molecular complexity index is 1280. The highest BCUT2D eigenvalue weighted by Crippen LogP contribution is 2.46. The first-order valence-corrected chi connectivity index (χ1v) is 10.2. The molecular formula is C27H15O3P. The molecule has 1 aliphatic rings. The van der Waals surface area contributed by atoms with E-state index in [0.29, 0.717) is 29.0 Å². The van der Waals surface area contributed by atoms with Gasteiger partial charge in [0.05, 0.1) is 11.1 Å². The number of benzene rings is 2. The van der Waals surface area contributed by atoms with Gasteiger partial charge in [-0.15, -0.1) is 12.8 Å². The number of hydrogen-bond donors (Lipinski definition) is 1. The smallest absolute Gasteiger partial charge is 0.416 e. The van der Waals surface area contributed by atoms with Gasteiger partial charge in [-0.25, -0.2) is 0 Å². The lowest BCUT2D eigenvalue weighted by Gasteiger charge is -2.23. The Morgan fingerprint density at radius 2 is 1.19 bits per heavy atom. The second-order valence-corrected chi connectivity index (χ2v) is 7.33. The molecule has 0 aromatic heterocycles. The average Bonchev–Trinajstić information content (AvgIpc) is 2.72. The van der Waals surface area contributed by atoms with E-state index in [1.54, 1.807) is 0 Å². The maximum atomic E-state index is 10.5. The molecule has 0 radical (unpaired) electrons. The van der Waals surface area contributed by atoms with Gasteiger partial charge in [0.1, 0.15) is 11.5 Å². The first-order chi connectivity index (χ1) is 15.0. The maximum absolute atomic E-state index is 10.5. The summed E-state index contributed by atoms with van der Waals surface area (Å²) < 4.78 is 11.5. The van der Waals surface area contributed by atoms with Crippen LogP contribution in [-0.2, 0) is 6.42 Å². The van der Waals surface area contributed by atoms with E-state index in [1.807, 2.05) is 38.1 Å². The Labute approximate surface area is 184 Å². The molecule has 1 N–H and O–H groups in total. The van der Waals surface area contributed by atoms with E-state index in [-0.39, 0.29) is 0 Å². The Balaban J connectivity index is 2.15. The van der Waals surface area contributed by atoms with E-state index >= 15 is 0 Å². The van der Waals surface area contributed by atoms with Crippen molar-refractivity contribution in [3.05, 3.63) is 57.6 Å². The first kappa shape index (κ1) is 21.5. The largest absolute Gasteiger partial charge is 0.460 e. The van der Waals surface area contributed by atoms with E-state index in [9.17, 15) is 4.89 Å². The van der Waals surface area contributed by atoms with Gasteiger partial charge in [0, 0.05) is 17.5 Å². The molecule has 146 valence electrons. The highest BCUT2D eigenvalue weighted by Gasteiger charge is 2.25. The van der Waals surface area contributed by atoms with Crippen LogP contribution in [0.5, 0.6) is 11.5 Å². The fraction of sp³-hybridized carbons (Fsp3) is 0.111. The molecule has 0 saturated heterocycles. The summed E-state index contributed by atoms with van der Waals surface area (Å²) in [6, 6.07) is 7.73. The quantitative estimate of drug-likeness (QED) is 0.522. The van der Waals surface area contributed by atoms with Crippen LogP contribution in [0, 0.1) is 85.9 Å². The zero-order chi connectivity index (χ0) is 22.2. The molecule has 3 rings (SSSR count). The molecule has 0 amide bonds. The van der Waals surface area contributed by atoms with Crippen molar-refractivity contribution in [2.75, 3.05) is 0 Å². The highest BCUT2D eigenvalue weighted by molar-refractivity contribution is 7.41. The molecule has 4 heteroatoms. The molecule has 0 fully saturated rings. The van der Waals surface area contributed by atoms with Crippen molar-refractivity contribution in [3.63, 3.8) is 0 Å². The zero-order valence-corrected chi connectivity index (χ0v) is 17.8. The van der Waals surface area contributed by atoms with E-state index in [1.165, 1.54) is 0 Å². The number of rotatable bonds is 0. The van der Waals surface area contributed by atoms with Gasteiger partial charge >= 0.3 is 8.60 Å². The van der Waals surface area contributed by atoms with Crippen LogP contribution in [0.3, 0.4) is 0 Å². The second-order valence-electron chi connectivity index (χ2n) is 6.49. The van der Waals surface area contributed by atoms with Gasteiger partial charge in [-0.05, 0) is 96.3 Å². The van der Waals surface area contributed by atoms with E-state index in [2.05, 4.69) is 59.2 Å². The fourth-order valence-corrected chi connectivity index (χ4v) is 3.85. The van der Waals surface area contributed by atoms with Crippen molar-refractivity contribution in [3.8, 4) is 83.6 Å². The maximum Gasteiger partial charge on any atom is 0.460 e. The molecule has 31 heavy (non-hydrogen) atoms. The highest BCUT2D eigenvalue weighted by atomic mass is 31.2. The first-order valence-electron chi connectivity index (χ1n) is 9.07. The minimum absolute atomic E-state index is 0.467. The average molecular weight is 418 g/mol. The topological polar surface area (TPSA) is 38.7 Å². The van der Waals surface area contributed by atoms with Gasteiger partial charge in [0.25, 0.3) is 0 Å². The predicted molar refractivity (Wildman–Crippen MR) is 123 cm³/mol. The Morgan fingerprint density at radius 1 is 0.742 bits per heavy atom.